The molecule has 1 heterocycles. The summed E-state index contributed by atoms with van der Waals surface area (Å²) in [6.45, 7) is 0. The number of aromatic nitrogens is 1. The molecular formula is C14H12Cl2N2OS. The maximum absolute atomic E-state index is 11.8. The standard InChI is InChI=1S/C14H12Cl2N2OS/c15-10-7-11(16)9-12(8-10)18-13(19)4-6-20-14-3-1-2-5-17-14/h1-3,5,7-9H,4,6H2,(H,18,19). The van der Waals surface area contributed by atoms with E-state index in [1.54, 1.807) is 36.2 Å². The molecule has 0 bridgehead atoms. The second kappa shape index (κ2) is 7.53. The van der Waals surface area contributed by atoms with Crippen LogP contribution in [0.25, 0.3) is 0 Å². The van der Waals surface area contributed by atoms with Gasteiger partial charge in [0.05, 0.1) is 5.03 Å². The molecule has 2 aromatic rings. The summed E-state index contributed by atoms with van der Waals surface area (Å²) in [6, 6.07) is 10.6. The molecule has 3 nitrogen and oxygen atoms in total. The van der Waals surface area contributed by atoms with Gasteiger partial charge in [-0.2, -0.15) is 0 Å². The molecule has 0 atom stereocenters. The van der Waals surface area contributed by atoms with Crippen LogP contribution >= 0.6 is 35.0 Å². The fraction of sp³-hybridized carbons (Fsp3) is 0.143. The van der Waals surface area contributed by atoms with Crippen molar-refractivity contribution in [2.45, 2.75) is 11.4 Å². The lowest BCUT2D eigenvalue weighted by molar-refractivity contribution is -0.115. The van der Waals surface area contributed by atoms with Crippen LogP contribution in [0.15, 0.2) is 47.6 Å². The highest BCUT2D eigenvalue weighted by molar-refractivity contribution is 7.99. The summed E-state index contributed by atoms with van der Waals surface area (Å²) in [4.78, 5) is 16.0. The summed E-state index contributed by atoms with van der Waals surface area (Å²) in [5.41, 5.74) is 0.607. The zero-order chi connectivity index (χ0) is 14.4. The topological polar surface area (TPSA) is 42.0 Å². The van der Waals surface area contributed by atoms with E-state index in [1.807, 2.05) is 18.2 Å². The summed E-state index contributed by atoms with van der Waals surface area (Å²) in [5, 5.41) is 4.67. The van der Waals surface area contributed by atoms with E-state index in [0.717, 1.165) is 5.03 Å². The first-order chi connectivity index (χ1) is 9.63. The maximum Gasteiger partial charge on any atom is 0.225 e. The number of carbonyl (C=O) groups excluding carboxylic acids is 1. The minimum Gasteiger partial charge on any atom is -0.326 e. The van der Waals surface area contributed by atoms with Crippen LogP contribution in [-0.2, 0) is 4.79 Å². The summed E-state index contributed by atoms with van der Waals surface area (Å²) in [6.07, 6.45) is 2.13. The number of amides is 1. The van der Waals surface area contributed by atoms with Gasteiger partial charge >= 0.3 is 0 Å². The molecule has 0 saturated heterocycles. The van der Waals surface area contributed by atoms with Gasteiger partial charge in [-0.3, -0.25) is 4.79 Å². The lowest BCUT2D eigenvalue weighted by Gasteiger charge is -2.06. The largest absolute Gasteiger partial charge is 0.326 e. The van der Waals surface area contributed by atoms with Crippen LogP contribution in [0.4, 0.5) is 5.69 Å². The third kappa shape index (κ3) is 5.04. The molecule has 0 radical (unpaired) electrons. The van der Waals surface area contributed by atoms with Crippen LogP contribution in [0.1, 0.15) is 6.42 Å². The Morgan fingerprint density at radius 1 is 1.20 bits per heavy atom. The first-order valence-corrected chi connectivity index (χ1v) is 7.67. The zero-order valence-electron chi connectivity index (χ0n) is 10.5. The van der Waals surface area contributed by atoms with E-state index in [2.05, 4.69) is 10.3 Å². The van der Waals surface area contributed by atoms with Gasteiger partial charge in [0.15, 0.2) is 0 Å². The van der Waals surface area contributed by atoms with Gasteiger partial charge in [0.25, 0.3) is 0 Å². The van der Waals surface area contributed by atoms with Crippen LogP contribution in [-0.4, -0.2) is 16.6 Å². The van der Waals surface area contributed by atoms with Gasteiger partial charge in [-0.25, -0.2) is 4.98 Å². The Labute approximate surface area is 131 Å². The Morgan fingerprint density at radius 3 is 2.60 bits per heavy atom. The molecule has 1 aromatic heterocycles. The molecule has 0 aliphatic rings. The van der Waals surface area contributed by atoms with E-state index < -0.39 is 0 Å². The van der Waals surface area contributed by atoms with E-state index in [1.165, 1.54) is 0 Å². The molecule has 6 heteroatoms. The Bertz CT molecular complexity index is 573. The van der Waals surface area contributed by atoms with Crippen molar-refractivity contribution in [1.82, 2.24) is 4.98 Å². The SMILES string of the molecule is O=C(CCSc1ccccn1)Nc1cc(Cl)cc(Cl)c1. The summed E-state index contributed by atoms with van der Waals surface area (Å²) >= 11 is 13.3. The van der Waals surface area contributed by atoms with E-state index in [4.69, 9.17) is 23.2 Å². The minimum atomic E-state index is -0.0771. The lowest BCUT2D eigenvalue weighted by Crippen LogP contribution is -2.12. The van der Waals surface area contributed by atoms with Crippen LogP contribution in [0, 0.1) is 0 Å². The van der Waals surface area contributed by atoms with Crippen molar-refractivity contribution in [3.8, 4) is 0 Å². The van der Waals surface area contributed by atoms with Crippen molar-refractivity contribution >= 4 is 46.6 Å². The van der Waals surface area contributed by atoms with Crippen LogP contribution in [0.2, 0.25) is 10.0 Å². The van der Waals surface area contributed by atoms with E-state index in [9.17, 15) is 4.79 Å². The van der Waals surface area contributed by atoms with Gasteiger partial charge in [0.2, 0.25) is 5.91 Å². The number of benzene rings is 1. The van der Waals surface area contributed by atoms with Crippen molar-refractivity contribution < 1.29 is 4.79 Å². The predicted molar refractivity (Wildman–Crippen MR) is 84.7 cm³/mol. The number of hydrogen-bond donors (Lipinski definition) is 1. The van der Waals surface area contributed by atoms with Crippen molar-refractivity contribution in [3.05, 3.63) is 52.6 Å². The summed E-state index contributed by atoms with van der Waals surface area (Å²) in [7, 11) is 0. The number of anilines is 1. The van der Waals surface area contributed by atoms with E-state index in [-0.39, 0.29) is 5.91 Å². The van der Waals surface area contributed by atoms with Crippen molar-refractivity contribution in [2.75, 3.05) is 11.1 Å². The number of nitrogens with zero attached hydrogens (tertiary/aromatic N) is 1. The highest BCUT2D eigenvalue weighted by Gasteiger charge is 2.05. The van der Waals surface area contributed by atoms with Crippen LogP contribution in [0.3, 0.4) is 0 Å². The molecule has 1 amide bonds. The number of halogens is 2. The monoisotopic (exact) mass is 326 g/mol. The number of thioether (sulfide) groups is 1. The van der Waals surface area contributed by atoms with E-state index in [0.29, 0.717) is 27.9 Å². The second-order valence-electron chi connectivity index (χ2n) is 3.97. The molecule has 0 aliphatic carbocycles. The predicted octanol–water partition coefficient (Wildman–Crippen LogP) is 4.51. The average Bonchev–Trinajstić information content (AvgIpc) is 2.38. The number of rotatable bonds is 5. The van der Waals surface area contributed by atoms with Gasteiger partial charge in [-0.15, -0.1) is 11.8 Å². The van der Waals surface area contributed by atoms with Gasteiger partial charge in [-0.1, -0.05) is 29.3 Å². The molecule has 0 spiro atoms. The Balaban J connectivity index is 1.81. The highest BCUT2D eigenvalue weighted by Crippen LogP contribution is 2.23. The molecule has 0 aliphatic heterocycles. The number of pyridine rings is 1. The van der Waals surface area contributed by atoms with Gasteiger partial charge in [-0.05, 0) is 30.3 Å². The number of nitrogens with one attached hydrogen (secondary N) is 1. The third-order valence-electron chi connectivity index (χ3n) is 2.36. The second-order valence-corrected chi connectivity index (χ2v) is 5.96. The third-order valence-corrected chi connectivity index (χ3v) is 3.75. The fourth-order valence-electron chi connectivity index (χ4n) is 1.53. The normalized spacial score (nSPS) is 10.3. The van der Waals surface area contributed by atoms with Gasteiger partial charge in [0, 0.05) is 34.1 Å². The molecular weight excluding hydrogens is 315 g/mol. The summed E-state index contributed by atoms with van der Waals surface area (Å²) < 4.78 is 0. The van der Waals surface area contributed by atoms with Crippen molar-refractivity contribution in [1.29, 1.82) is 0 Å². The molecule has 20 heavy (non-hydrogen) atoms. The molecule has 0 unspecified atom stereocenters. The average molecular weight is 327 g/mol. The number of hydrogen-bond acceptors (Lipinski definition) is 3. The zero-order valence-corrected chi connectivity index (χ0v) is 12.8. The molecule has 1 aromatic carbocycles. The Kier molecular flexibility index (Phi) is 5.71. The van der Waals surface area contributed by atoms with Crippen LogP contribution in [0.5, 0.6) is 0 Å². The van der Waals surface area contributed by atoms with E-state index >= 15 is 0 Å². The fourth-order valence-corrected chi connectivity index (χ4v) is 2.86. The first-order valence-electron chi connectivity index (χ1n) is 5.93. The van der Waals surface area contributed by atoms with Gasteiger partial charge < -0.3 is 5.32 Å². The van der Waals surface area contributed by atoms with Gasteiger partial charge in [0.1, 0.15) is 0 Å². The lowest BCUT2D eigenvalue weighted by atomic mass is 10.3. The molecule has 104 valence electrons. The quantitative estimate of drug-likeness (QED) is 0.822. The minimum absolute atomic E-state index is 0.0771. The smallest absolute Gasteiger partial charge is 0.225 e. The highest BCUT2D eigenvalue weighted by atomic mass is 35.5. The molecule has 2 rings (SSSR count). The Hall–Kier alpha value is -1.23. The van der Waals surface area contributed by atoms with Crippen LogP contribution < -0.4 is 5.32 Å². The molecule has 0 fully saturated rings. The van der Waals surface area contributed by atoms with Crippen molar-refractivity contribution in [2.24, 2.45) is 0 Å². The molecule has 1 N–H and O–H groups in total. The van der Waals surface area contributed by atoms with Crippen molar-refractivity contribution in [3.63, 3.8) is 0 Å². The maximum atomic E-state index is 11.8. The number of carbonyl (C=O) groups is 1. The Morgan fingerprint density at radius 2 is 1.95 bits per heavy atom. The summed E-state index contributed by atoms with van der Waals surface area (Å²) in [5.74, 6) is 0.587. The molecule has 0 saturated carbocycles. The first kappa shape index (κ1) is 15.2.